The summed E-state index contributed by atoms with van der Waals surface area (Å²) in [5, 5.41) is 16.5. The fourth-order valence-corrected chi connectivity index (χ4v) is 1.90. The van der Waals surface area contributed by atoms with E-state index < -0.39 is 4.92 Å². The molecular weight excluding hydrogens is 290 g/mol. The van der Waals surface area contributed by atoms with Crippen LogP contribution in [0.1, 0.15) is 0 Å². The highest BCUT2D eigenvalue weighted by atomic mass is 32.2. The van der Waals surface area contributed by atoms with Gasteiger partial charge in [-0.15, -0.1) is 11.8 Å². The topological polar surface area (TPSA) is 99.3 Å². The molecule has 7 nitrogen and oxygen atoms in total. The predicted octanol–water partition coefficient (Wildman–Crippen LogP) is 2.50. The number of hydrogen-bond acceptors (Lipinski definition) is 6. The Hall–Kier alpha value is -2.61. The molecule has 0 aliphatic carbocycles. The Morgan fingerprint density at radius 2 is 2.38 bits per heavy atom. The standard InChI is InChI=1S/C13H13N5O2S/c1-9(21-2)16-13(5-6-14)17-12-7-11(18(19)20)4-3-10(12)8-15-17/h3-8H,1,14H2,2H3/b6-5-,16-13?. The number of benzene rings is 1. The first kappa shape index (κ1) is 14.8. The minimum absolute atomic E-state index is 0.0102. The molecule has 0 saturated carbocycles. The summed E-state index contributed by atoms with van der Waals surface area (Å²) in [6.07, 6.45) is 6.35. The predicted molar refractivity (Wildman–Crippen MR) is 85.2 cm³/mol. The molecule has 2 N–H and O–H groups in total. The van der Waals surface area contributed by atoms with Crippen molar-refractivity contribution in [1.29, 1.82) is 0 Å². The van der Waals surface area contributed by atoms with Gasteiger partial charge < -0.3 is 5.73 Å². The number of aliphatic imine (C=N–C) groups is 1. The van der Waals surface area contributed by atoms with E-state index in [2.05, 4.69) is 16.7 Å². The Bertz CT molecular complexity index is 763. The maximum Gasteiger partial charge on any atom is 0.271 e. The summed E-state index contributed by atoms with van der Waals surface area (Å²) in [6, 6.07) is 4.53. The molecule has 0 fully saturated rings. The summed E-state index contributed by atoms with van der Waals surface area (Å²) in [5.74, 6) is 0.437. The second kappa shape index (κ2) is 6.23. The number of nitro groups is 1. The minimum atomic E-state index is -0.451. The van der Waals surface area contributed by atoms with Crippen molar-refractivity contribution in [2.45, 2.75) is 0 Å². The number of nitro benzene ring substituents is 1. The van der Waals surface area contributed by atoms with Gasteiger partial charge in [-0.25, -0.2) is 9.67 Å². The molecule has 0 spiro atoms. The Morgan fingerprint density at radius 3 is 3.00 bits per heavy atom. The SMILES string of the molecule is C=C(N=C(/C=C\N)n1ncc2ccc([N+](=O)[O-])cc21)SC. The highest BCUT2D eigenvalue weighted by Gasteiger charge is 2.12. The van der Waals surface area contributed by atoms with Crippen molar-refractivity contribution in [2.24, 2.45) is 10.7 Å². The molecule has 0 atom stereocenters. The molecule has 0 amide bonds. The molecule has 0 aliphatic rings. The summed E-state index contributed by atoms with van der Waals surface area (Å²) in [5.41, 5.74) is 6.00. The van der Waals surface area contributed by atoms with Crippen molar-refractivity contribution in [3.05, 3.63) is 58.4 Å². The molecule has 0 bridgehead atoms. The minimum Gasteiger partial charge on any atom is -0.404 e. The van der Waals surface area contributed by atoms with Crippen LogP contribution in [-0.4, -0.2) is 26.8 Å². The zero-order valence-corrected chi connectivity index (χ0v) is 12.1. The molecule has 0 aliphatic heterocycles. The molecule has 1 aromatic carbocycles. The van der Waals surface area contributed by atoms with E-state index >= 15 is 0 Å². The second-order valence-electron chi connectivity index (χ2n) is 3.98. The van der Waals surface area contributed by atoms with Crippen LogP contribution < -0.4 is 5.73 Å². The van der Waals surface area contributed by atoms with Gasteiger partial charge in [-0.2, -0.15) is 5.10 Å². The fourth-order valence-electron chi connectivity index (χ4n) is 1.72. The zero-order chi connectivity index (χ0) is 15.4. The highest BCUT2D eigenvalue weighted by molar-refractivity contribution is 8.02. The number of fused-ring (bicyclic) bond motifs is 1. The van der Waals surface area contributed by atoms with Gasteiger partial charge in [0.1, 0.15) is 0 Å². The zero-order valence-electron chi connectivity index (χ0n) is 11.3. The number of hydrogen-bond donors (Lipinski definition) is 1. The third-order valence-electron chi connectivity index (χ3n) is 2.70. The summed E-state index contributed by atoms with van der Waals surface area (Å²) in [4.78, 5) is 14.7. The van der Waals surface area contributed by atoms with E-state index in [1.165, 1.54) is 34.8 Å². The quantitative estimate of drug-likeness (QED) is 0.405. The van der Waals surface area contributed by atoms with Crippen molar-refractivity contribution in [2.75, 3.05) is 6.26 Å². The number of allylic oxidation sites excluding steroid dienone is 1. The number of rotatable bonds is 4. The number of non-ortho nitro benzene ring substituents is 1. The van der Waals surface area contributed by atoms with Gasteiger partial charge in [-0.05, 0) is 24.6 Å². The molecule has 1 aromatic heterocycles. The Morgan fingerprint density at radius 1 is 1.62 bits per heavy atom. The molecule has 108 valence electrons. The van der Waals surface area contributed by atoms with E-state index in [9.17, 15) is 10.1 Å². The van der Waals surface area contributed by atoms with Crippen LogP contribution in [0, 0.1) is 10.1 Å². The van der Waals surface area contributed by atoms with Crippen molar-refractivity contribution in [1.82, 2.24) is 9.78 Å². The molecule has 0 radical (unpaired) electrons. The van der Waals surface area contributed by atoms with Crippen LogP contribution in [0.2, 0.25) is 0 Å². The van der Waals surface area contributed by atoms with Crippen LogP contribution in [0.15, 0.2) is 53.3 Å². The number of aromatic nitrogens is 2. The maximum atomic E-state index is 10.9. The second-order valence-corrected chi connectivity index (χ2v) is 4.86. The van der Waals surface area contributed by atoms with E-state index in [4.69, 9.17) is 5.73 Å². The number of nitrogens with two attached hydrogens (primary N) is 1. The lowest BCUT2D eigenvalue weighted by Gasteiger charge is -2.04. The third-order valence-corrected chi connectivity index (χ3v) is 3.27. The number of thioether (sulfide) groups is 1. The summed E-state index contributed by atoms with van der Waals surface area (Å²) in [7, 11) is 0. The molecule has 21 heavy (non-hydrogen) atoms. The molecule has 0 saturated heterocycles. The van der Waals surface area contributed by atoms with Crippen LogP contribution in [0.25, 0.3) is 10.9 Å². The molecule has 8 heteroatoms. The van der Waals surface area contributed by atoms with Crippen molar-refractivity contribution in [3.8, 4) is 0 Å². The van der Waals surface area contributed by atoms with Gasteiger partial charge in [0.15, 0.2) is 5.84 Å². The van der Waals surface area contributed by atoms with Gasteiger partial charge in [0, 0.05) is 17.5 Å². The van der Waals surface area contributed by atoms with Crippen LogP contribution >= 0.6 is 11.8 Å². The lowest BCUT2D eigenvalue weighted by atomic mass is 10.2. The van der Waals surface area contributed by atoms with Crippen LogP contribution in [0.3, 0.4) is 0 Å². The van der Waals surface area contributed by atoms with E-state index in [1.807, 2.05) is 6.26 Å². The smallest absolute Gasteiger partial charge is 0.271 e. The summed E-state index contributed by atoms with van der Waals surface area (Å²) >= 11 is 1.38. The molecule has 0 unspecified atom stereocenters. The summed E-state index contributed by atoms with van der Waals surface area (Å²) < 4.78 is 1.49. The van der Waals surface area contributed by atoms with Crippen LogP contribution in [0.4, 0.5) is 5.69 Å². The molecular formula is C13H13N5O2S. The molecule has 2 aromatic rings. The van der Waals surface area contributed by atoms with Gasteiger partial charge in [-0.3, -0.25) is 10.1 Å². The maximum absolute atomic E-state index is 10.9. The van der Waals surface area contributed by atoms with E-state index in [0.29, 0.717) is 16.4 Å². The Kier molecular flexibility index (Phi) is 4.39. The van der Waals surface area contributed by atoms with E-state index in [0.717, 1.165) is 5.39 Å². The van der Waals surface area contributed by atoms with E-state index in [1.54, 1.807) is 18.3 Å². The van der Waals surface area contributed by atoms with Gasteiger partial charge in [-0.1, -0.05) is 6.58 Å². The first-order valence-electron chi connectivity index (χ1n) is 5.89. The Balaban J connectivity index is 2.62. The summed E-state index contributed by atoms with van der Waals surface area (Å²) in [6.45, 7) is 3.78. The average molecular weight is 303 g/mol. The van der Waals surface area contributed by atoms with Gasteiger partial charge >= 0.3 is 0 Å². The first-order valence-corrected chi connectivity index (χ1v) is 7.11. The third kappa shape index (κ3) is 3.11. The lowest BCUT2D eigenvalue weighted by molar-refractivity contribution is -0.384. The van der Waals surface area contributed by atoms with Crippen molar-refractivity contribution < 1.29 is 4.92 Å². The molecule has 2 rings (SSSR count). The van der Waals surface area contributed by atoms with Gasteiger partial charge in [0.05, 0.1) is 21.7 Å². The largest absolute Gasteiger partial charge is 0.404 e. The fraction of sp³-hybridized carbons (Fsp3) is 0.0769. The highest BCUT2D eigenvalue weighted by Crippen LogP contribution is 2.21. The van der Waals surface area contributed by atoms with Crippen LogP contribution in [-0.2, 0) is 0 Å². The lowest BCUT2D eigenvalue weighted by Crippen LogP contribution is -2.11. The van der Waals surface area contributed by atoms with E-state index in [-0.39, 0.29) is 5.69 Å². The monoisotopic (exact) mass is 303 g/mol. The van der Waals surface area contributed by atoms with Gasteiger partial charge in [0.2, 0.25) is 0 Å². The van der Waals surface area contributed by atoms with Crippen molar-refractivity contribution in [3.63, 3.8) is 0 Å². The first-order chi connectivity index (χ1) is 10.1. The van der Waals surface area contributed by atoms with Gasteiger partial charge in [0.25, 0.3) is 5.69 Å². The normalized spacial score (nSPS) is 12.1. The average Bonchev–Trinajstić information content (AvgIpc) is 2.89. The number of nitrogens with zero attached hydrogens (tertiary/aromatic N) is 4. The van der Waals surface area contributed by atoms with Crippen LogP contribution in [0.5, 0.6) is 0 Å². The Labute approximate surface area is 125 Å². The molecule has 1 heterocycles. The van der Waals surface area contributed by atoms with Crippen molar-refractivity contribution >= 4 is 34.2 Å².